The van der Waals surface area contributed by atoms with Crippen LogP contribution in [0.5, 0.6) is 0 Å². The zero-order valence-electron chi connectivity index (χ0n) is 9.53. The lowest BCUT2D eigenvalue weighted by Gasteiger charge is -2.12. The van der Waals surface area contributed by atoms with E-state index in [0.717, 1.165) is 25.8 Å². The van der Waals surface area contributed by atoms with Crippen LogP contribution in [0.15, 0.2) is 24.3 Å². The molecule has 1 N–H and O–H groups in total. The second kappa shape index (κ2) is 3.95. The Balaban J connectivity index is 2.05. The van der Waals surface area contributed by atoms with Crippen molar-refractivity contribution in [2.24, 2.45) is 0 Å². The van der Waals surface area contributed by atoms with E-state index in [9.17, 15) is 5.11 Å². The first kappa shape index (κ1) is 10.7. The standard InChI is InChI=1S/C13H19NO/c1-14(2)10-12-5-3-4-11(8-12)9-13(15)6-7-13/h3-5,8,15H,6-7,9-10H2,1-2H3. The fourth-order valence-electron chi connectivity index (χ4n) is 1.90. The maximum atomic E-state index is 9.84. The monoisotopic (exact) mass is 205 g/mol. The van der Waals surface area contributed by atoms with Crippen LogP contribution < -0.4 is 0 Å². The van der Waals surface area contributed by atoms with Gasteiger partial charge in [0.05, 0.1) is 5.60 Å². The zero-order chi connectivity index (χ0) is 10.9. The van der Waals surface area contributed by atoms with Crippen molar-refractivity contribution in [1.82, 2.24) is 4.90 Å². The molecule has 1 fully saturated rings. The summed E-state index contributed by atoms with van der Waals surface area (Å²) in [6.45, 7) is 0.965. The summed E-state index contributed by atoms with van der Waals surface area (Å²) in [6, 6.07) is 8.53. The Labute approximate surface area is 91.5 Å². The third-order valence-electron chi connectivity index (χ3n) is 2.85. The third-order valence-corrected chi connectivity index (χ3v) is 2.85. The van der Waals surface area contributed by atoms with E-state index < -0.39 is 0 Å². The van der Waals surface area contributed by atoms with Crippen LogP contribution in [0.1, 0.15) is 24.0 Å². The highest BCUT2D eigenvalue weighted by molar-refractivity contribution is 5.26. The van der Waals surface area contributed by atoms with Gasteiger partial charge < -0.3 is 10.0 Å². The van der Waals surface area contributed by atoms with E-state index in [-0.39, 0.29) is 5.60 Å². The number of hydrogen-bond acceptors (Lipinski definition) is 2. The Morgan fingerprint density at radius 1 is 1.27 bits per heavy atom. The van der Waals surface area contributed by atoms with E-state index in [1.807, 2.05) is 0 Å². The normalized spacial score (nSPS) is 18.1. The van der Waals surface area contributed by atoms with Crippen LogP contribution in [-0.2, 0) is 13.0 Å². The van der Waals surface area contributed by atoms with Gasteiger partial charge in [-0.05, 0) is 38.1 Å². The van der Waals surface area contributed by atoms with Crippen molar-refractivity contribution < 1.29 is 5.11 Å². The minimum Gasteiger partial charge on any atom is -0.390 e. The topological polar surface area (TPSA) is 23.5 Å². The molecule has 0 aliphatic heterocycles. The Morgan fingerprint density at radius 2 is 1.93 bits per heavy atom. The Kier molecular flexibility index (Phi) is 2.81. The van der Waals surface area contributed by atoms with Crippen molar-refractivity contribution in [2.75, 3.05) is 14.1 Å². The second-order valence-corrected chi connectivity index (χ2v) is 4.96. The molecule has 0 atom stereocenters. The zero-order valence-corrected chi connectivity index (χ0v) is 9.53. The SMILES string of the molecule is CN(C)Cc1cccc(CC2(O)CC2)c1. The summed E-state index contributed by atoms with van der Waals surface area (Å²) in [5.41, 5.74) is 2.20. The first-order valence-electron chi connectivity index (χ1n) is 5.52. The molecule has 0 amide bonds. The van der Waals surface area contributed by atoms with Gasteiger partial charge in [-0.3, -0.25) is 0 Å². The lowest BCUT2D eigenvalue weighted by Crippen LogP contribution is -2.13. The van der Waals surface area contributed by atoms with Crippen molar-refractivity contribution >= 4 is 0 Å². The second-order valence-electron chi connectivity index (χ2n) is 4.96. The van der Waals surface area contributed by atoms with Crippen molar-refractivity contribution in [3.8, 4) is 0 Å². The summed E-state index contributed by atoms with van der Waals surface area (Å²) in [7, 11) is 4.14. The predicted molar refractivity (Wildman–Crippen MR) is 61.7 cm³/mol. The van der Waals surface area contributed by atoms with E-state index in [4.69, 9.17) is 0 Å². The largest absolute Gasteiger partial charge is 0.390 e. The van der Waals surface area contributed by atoms with Crippen LogP contribution in [0.3, 0.4) is 0 Å². The molecule has 1 aromatic carbocycles. The van der Waals surface area contributed by atoms with Gasteiger partial charge >= 0.3 is 0 Å². The summed E-state index contributed by atoms with van der Waals surface area (Å²) in [5.74, 6) is 0. The van der Waals surface area contributed by atoms with Crippen molar-refractivity contribution in [2.45, 2.75) is 31.4 Å². The van der Waals surface area contributed by atoms with Gasteiger partial charge in [-0.15, -0.1) is 0 Å². The lowest BCUT2D eigenvalue weighted by atomic mass is 10.0. The minimum absolute atomic E-state index is 0.378. The molecule has 1 saturated carbocycles. The van der Waals surface area contributed by atoms with E-state index in [1.54, 1.807) is 0 Å². The number of benzene rings is 1. The quantitative estimate of drug-likeness (QED) is 0.810. The first-order chi connectivity index (χ1) is 7.07. The van der Waals surface area contributed by atoms with Crippen molar-refractivity contribution in [1.29, 1.82) is 0 Å². The minimum atomic E-state index is -0.378. The number of hydrogen-bond donors (Lipinski definition) is 1. The summed E-state index contributed by atoms with van der Waals surface area (Å²) < 4.78 is 0. The number of rotatable bonds is 4. The molecule has 0 unspecified atom stereocenters. The molecule has 15 heavy (non-hydrogen) atoms. The summed E-state index contributed by atoms with van der Waals surface area (Å²) in [4.78, 5) is 2.16. The molecule has 0 aromatic heterocycles. The average Bonchev–Trinajstić information content (AvgIpc) is 2.82. The molecular weight excluding hydrogens is 186 g/mol. The Bertz CT molecular complexity index is 342. The van der Waals surface area contributed by atoms with Gasteiger partial charge in [0.15, 0.2) is 0 Å². The van der Waals surface area contributed by atoms with Gasteiger partial charge in [-0.2, -0.15) is 0 Å². The van der Waals surface area contributed by atoms with Crippen LogP contribution >= 0.6 is 0 Å². The molecule has 1 aliphatic rings. The van der Waals surface area contributed by atoms with E-state index in [2.05, 4.69) is 43.3 Å². The van der Waals surface area contributed by atoms with Gasteiger partial charge in [0.1, 0.15) is 0 Å². The van der Waals surface area contributed by atoms with E-state index in [0.29, 0.717) is 0 Å². The molecule has 0 bridgehead atoms. The van der Waals surface area contributed by atoms with Gasteiger partial charge in [-0.25, -0.2) is 0 Å². The van der Waals surface area contributed by atoms with Crippen LogP contribution in [-0.4, -0.2) is 29.7 Å². The molecule has 2 rings (SSSR count). The highest BCUT2D eigenvalue weighted by Gasteiger charge is 2.39. The van der Waals surface area contributed by atoms with Gasteiger partial charge in [-0.1, -0.05) is 24.3 Å². The molecule has 0 saturated heterocycles. The molecule has 2 nitrogen and oxygen atoms in total. The summed E-state index contributed by atoms with van der Waals surface area (Å²) in [6.07, 6.45) is 2.74. The maximum Gasteiger partial charge on any atom is 0.0690 e. The van der Waals surface area contributed by atoms with E-state index >= 15 is 0 Å². The smallest absolute Gasteiger partial charge is 0.0690 e. The van der Waals surface area contributed by atoms with Gasteiger partial charge in [0, 0.05) is 13.0 Å². The number of nitrogens with zero attached hydrogens (tertiary/aromatic N) is 1. The van der Waals surface area contributed by atoms with Gasteiger partial charge in [0.2, 0.25) is 0 Å². The summed E-state index contributed by atoms with van der Waals surface area (Å²) >= 11 is 0. The molecule has 0 spiro atoms. The summed E-state index contributed by atoms with van der Waals surface area (Å²) in [5, 5.41) is 9.84. The molecule has 0 radical (unpaired) electrons. The molecule has 1 aliphatic carbocycles. The van der Waals surface area contributed by atoms with Crippen LogP contribution in [0.2, 0.25) is 0 Å². The van der Waals surface area contributed by atoms with Crippen LogP contribution in [0.25, 0.3) is 0 Å². The first-order valence-corrected chi connectivity index (χ1v) is 5.52. The average molecular weight is 205 g/mol. The molecule has 2 heteroatoms. The van der Waals surface area contributed by atoms with E-state index in [1.165, 1.54) is 11.1 Å². The molecule has 1 aromatic rings. The molecule has 82 valence electrons. The lowest BCUT2D eigenvalue weighted by molar-refractivity contribution is 0.151. The van der Waals surface area contributed by atoms with Crippen LogP contribution in [0, 0.1) is 0 Å². The predicted octanol–water partition coefficient (Wildman–Crippen LogP) is 1.82. The van der Waals surface area contributed by atoms with Crippen molar-refractivity contribution in [3.05, 3.63) is 35.4 Å². The fraction of sp³-hybridized carbons (Fsp3) is 0.538. The van der Waals surface area contributed by atoms with Crippen LogP contribution in [0.4, 0.5) is 0 Å². The maximum absolute atomic E-state index is 9.84. The van der Waals surface area contributed by atoms with Gasteiger partial charge in [0.25, 0.3) is 0 Å². The highest BCUT2D eigenvalue weighted by Crippen LogP contribution is 2.38. The Hall–Kier alpha value is -0.860. The van der Waals surface area contributed by atoms with Crippen molar-refractivity contribution in [3.63, 3.8) is 0 Å². The highest BCUT2D eigenvalue weighted by atomic mass is 16.3. The number of aliphatic hydroxyl groups is 1. The Morgan fingerprint density at radius 3 is 2.53 bits per heavy atom. The fourth-order valence-corrected chi connectivity index (χ4v) is 1.90. The molecule has 0 heterocycles. The third kappa shape index (κ3) is 3.05. The molecular formula is C13H19NO.